The van der Waals surface area contributed by atoms with Crippen LogP contribution in [0.2, 0.25) is 0 Å². The first-order chi connectivity index (χ1) is 11.7. The van der Waals surface area contributed by atoms with E-state index in [4.69, 9.17) is 19.9 Å². The minimum Gasteiger partial charge on any atom is -0.494 e. The van der Waals surface area contributed by atoms with Crippen molar-refractivity contribution in [2.75, 3.05) is 46.6 Å². The van der Waals surface area contributed by atoms with Crippen LogP contribution in [0.15, 0.2) is 33.2 Å². The minimum absolute atomic E-state index is 0.172. The van der Waals surface area contributed by atoms with Crippen molar-refractivity contribution in [3.63, 3.8) is 0 Å². The molecule has 1 aliphatic carbocycles. The summed E-state index contributed by atoms with van der Waals surface area (Å²) in [6.45, 7) is 5.08. The van der Waals surface area contributed by atoms with E-state index in [9.17, 15) is 4.79 Å². The molecule has 0 saturated carbocycles. The van der Waals surface area contributed by atoms with Gasteiger partial charge in [0, 0.05) is 31.6 Å². The van der Waals surface area contributed by atoms with Gasteiger partial charge in [-0.3, -0.25) is 4.90 Å². The molecule has 2 heterocycles. The third-order valence-corrected chi connectivity index (χ3v) is 4.12. The molecule has 3 rings (SSSR count). The second kappa shape index (κ2) is 7.59. The van der Waals surface area contributed by atoms with Gasteiger partial charge in [-0.25, -0.2) is 4.79 Å². The highest BCUT2D eigenvalue weighted by Crippen LogP contribution is 2.26. The number of fused-ring (bicyclic) bond motifs is 1. The summed E-state index contributed by atoms with van der Waals surface area (Å²) in [6, 6.07) is -0.622. The lowest BCUT2D eigenvalue weighted by Crippen LogP contribution is -2.37. The van der Waals surface area contributed by atoms with Crippen LogP contribution in [-0.4, -0.2) is 69.0 Å². The zero-order valence-corrected chi connectivity index (χ0v) is 13.8. The fraction of sp³-hybridized carbons (Fsp3) is 0.562. The van der Waals surface area contributed by atoms with Gasteiger partial charge in [0.2, 0.25) is 0 Å². The number of methoxy groups -OCH3 is 1. The summed E-state index contributed by atoms with van der Waals surface area (Å²) in [5.41, 5.74) is 6.83. The predicted octanol–water partition coefficient (Wildman–Crippen LogP) is 0.845. The van der Waals surface area contributed by atoms with Crippen molar-refractivity contribution in [1.82, 2.24) is 4.90 Å². The molecule has 0 aromatic carbocycles. The maximum absolute atomic E-state index is 11.5. The number of urea groups is 1. The van der Waals surface area contributed by atoms with E-state index in [0.717, 1.165) is 39.3 Å². The van der Waals surface area contributed by atoms with Crippen molar-refractivity contribution in [2.45, 2.75) is 12.8 Å². The van der Waals surface area contributed by atoms with Gasteiger partial charge in [-0.05, 0) is 6.42 Å². The molecule has 0 radical (unpaired) electrons. The highest BCUT2D eigenvalue weighted by atomic mass is 16.5. The molecular weight excluding hydrogens is 312 g/mol. The summed E-state index contributed by atoms with van der Waals surface area (Å²) in [4.78, 5) is 21.4. The number of hydrogen-bond acceptors (Lipinski definition) is 6. The molecular formula is C16H22N4O4. The molecule has 130 valence electrons. The van der Waals surface area contributed by atoms with Gasteiger partial charge < -0.3 is 19.9 Å². The second-order valence-corrected chi connectivity index (χ2v) is 5.67. The van der Waals surface area contributed by atoms with Crippen molar-refractivity contribution in [2.24, 2.45) is 15.7 Å². The van der Waals surface area contributed by atoms with Crippen LogP contribution in [0.25, 0.3) is 0 Å². The van der Waals surface area contributed by atoms with Crippen molar-refractivity contribution >= 4 is 17.6 Å². The molecule has 2 N–H and O–H groups in total. The predicted molar refractivity (Wildman–Crippen MR) is 89.0 cm³/mol. The largest absolute Gasteiger partial charge is 0.494 e. The summed E-state index contributed by atoms with van der Waals surface area (Å²) < 4.78 is 16.6. The number of morpholine rings is 1. The molecule has 0 unspecified atom stereocenters. The highest BCUT2D eigenvalue weighted by Gasteiger charge is 2.29. The average Bonchev–Trinajstić information content (AvgIpc) is 2.59. The normalized spacial score (nSPS) is 21.7. The lowest BCUT2D eigenvalue weighted by molar-refractivity contribution is 0.0340. The Bertz CT molecular complexity index is 630. The van der Waals surface area contributed by atoms with Crippen molar-refractivity contribution < 1.29 is 19.0 Å². The monoisotopic (exact) mass is 334 g/mol. The van der Waals surface area contributed by atoms with Crippen LogP contribution in [0, 0.1) is 0 Å². The number of carbonyl (C=O) groups excluding carboxylic acids is 1. The van der Waals surface area contributed by atoms with Gasteiger partial charge >= 0.3 is 6.03 Å². The Hall–Kier alpha value is -2.19. The van der Waals surface area contributed by atoms with Gasteiger partial charge in [-0.2, -0.15) is 9.98 Å². The Kier molecular flexibility index (Phi) is 5.27. The minimum atomic E-state index is -0.622. The number of allylic oxidation sites excluding steroid dienone is 2. The smallest absolute Gasteiger partial charge is 0.369 e. The summed E-state index contributed by atoms with van der Waals surface area (Å²) in [5, 5.41) is 0. The van der Waals surface area contributed by atoms with E-state index in [1.807, 2.05) is 6.08 Å². The lowest BCUT2D eigenvalue weighted by atomic mass is 9.98. The third-order valence-electron chi connectivity index (χ3n) is 4.12. The van der Waals surface area contributed by atoms with Crippen LogP contribution in [0.1, 0.15) is 12.8 Å². The maximum atomic E-state index is 11.5. The van der Waals surface area contributed by atoms with Gasteiger partial charge in [-0.1, -0.05) is 6.08 Å². The summed E-state index contributed by atoms with van der Waals surface area (Å²) in [7, 11) is 1.53. The fourth-order valence-corrected chi connectivity index (χ4v) is 2.90. The standard InChI is InChI=1S/C16H22N4O4/c1-22-14-12(24-8-2-5-20-6-9-23-10-7-20)4-3-11-13(14)18-16(21)19-15(11)17/h3H,2,4-10H2,1H3,(H2,17,19,21). The summed E-state index contributed by atoms with van der Waals surface area (Å²) in [5.74, 6) is 1.31. The zero-order valence-electron chi connectivity index (χ0n) is 13.8. The molecule has 24 heavy (non-hydrogen) atoms. The van der Waals surface area contributed by atoms with Gasteiger partial charge in [0.1, 0.15) is 17.3 Å². The average molecular weight is 334 g/mol. The van der Waals surface area contributed by atoms with E-state index in [1.54, 1.807) is 0 Å². The molecule has 0 aromatic heterocycles. The Balaban J connectivity index is 1.58. The summed E-state index contributed by atoms with van der Waals surface area (Å²) >= 11 is 0. The number of amides is 2. The molecule has 0 atom stereocenters. The molecule has 8 nitrogen and oxygen atoms in total. The molecule has 1 saturated heterocycles. The van der Waals surface area contributed by atoms with E-state index in [1.165, 1.54) is 7.11 Å². The van der Waals surface area contributed by atoms with Crippen LogP contribution in [0.5, 0.6) is 0 Å². The number of rotatable bonds is 6. The first-order valence-electron chi connectivity index (χ1n) is 8.07. The third kappa shape index (κ3) is 3.65. The number of ether oxygens (including phenoxy) is 3. The van der Waals surface area contributed by atoms with E-state index in [2.05, 4.69) is 14.9 Å². The van der Waals surface area contributed by atoms with Gasteiger partial charge in [0.25, 0.3) is 0 Å². The number of hydrogen-bond donors (Lipinski definition) is 1. The first kappa shape index (κ1) is 16.7. The maximum Gasteiger partial charge on any atom is 0.369 e. The first-order valence-corrected chi connectivity index (χ1v) is 8.07. The summed E-state index contributed by atoms with van der Waals surface area (Å²) in [6.07, 6.45) is 3.31. The van der Waals surface area contributed by atoms with Crippen LogP contribution in [0.3, 0.4) is 0 Å². The highest BCUT2D eigenvalue weighted by molar-refractivity contribution is 6.34. The molecule has 3 aliphatic rings. The fourth-order valence-electron chi connectivity index (χ4n) is 2.90. The molecule has 8 heteroatoms. The van der Waals surface area contributed by atoms with Crippen LogP contribution >= 0.6 is 0 Å². The molecule has 1 fully saturated rings. The molecule has 0 spiro atoms. The van der Waals surface area contributed by atoms with Crippen molar-refractivity contribution in [3.8, 4) is 0 Å². The lowest BCUT2D eigenvalue weighted by Gasteiger charge is -2.27. The molecule has 0 bridgehead atoms. The van der Waals surface area contributed by atoms with Gasteiger partial charge in [0.15, 0.2) is 5.76 Å². The SMILES string of the molecule is COC1=C(OCCCN2CCOCC2)CC=C2C(N)=NC(=O)N=C21. The van der Waals surface area contributed by atoms with E-state index in [0.29, 0.717) is 35.8 Å². The van der Waals surface area contributed by atoms with Gasteiger partial charge in [-0.15, -0.1) is 0 Å². The van der Waals surface area contributed by atoms with E-state index < -0.39 is 6.03 Å². The second-order valence-electron chi connectivity index (χ2n) is 5.67. The van der Waals surface area contributed by atoms with Crippen LogP contribution in [0.4, 0.5) is 4.79 Å². The Labute approximate surface area is 140 Å². The molecule has 0 aromatic rings. The Morgan fingerprint density at radius 2 is 2.12 bits per heavy atom. The van der Waals surface area contributed by atoms with E-state index >= 15 is 0 Å². The molecule has 2 amide bonds. The number of nitrogens with two attached hydrogens (primary N) is 1. The number of amidine groups is 1. The molecule has 2 aliphatic heterocycles. The topological polar surface area (TPSA) is 98.7 Å². The Morgan fingerprint density at radius 1 is 1.33 bits per heavy atom. The van der Waals surface area contributed by atoms with Gasteiger partial charge in [0.05, 0.1) is 26.9 Å². The number of aliphatic imine (C=N–C) groups is 2. The van der Waals surface area contributed by atoms with Crippen molar-refractivity contribution in [3.05, 3.63) is 23.2 Å². The zero-order chi connectivity index (χ0) is 16.9. The van der Waals surface area contributed by atoms with Crippen LogP contribution < -0.4 is 5.73 Å². The number of carbonyl (C=O) groups is 1. The number of nitrogens with zero attached hydrogens (tertiary/aromatic N) is 3. The Morgan fingerprint density at radius 3 is 2.88 bits per heavy atom. The van der Waals surface area contributed by atoms with E-state index in [-0.39, 0.29) is 5.84 Å². The quantitative estimate of drug-likeness (QED) is 0.723. The van der Waals surface area contributed by atoms with Crippen molar-refractivity contribution in [1.29, 1.82) is 0 Å². The van der Waals surface area contributed by atoms with Crippen LogP contribution in [-0.2, 0) is 14.2 Å².